The molecule has 0 bridgehead atoms. The van der Waals surface area contributed by atoms with Crippen LogP contribution in [0.2, 0.25) is 0 Å². The van der Waals surface area contributed by atoms with E-state index in [0.717, 1.165) is 6.42 Å². The van der Waals surface area contributed by atoms with E-state index in [9.17, 15) is 5.11 Å². The molecule has 1 N–H and O–H groups in total. The average Bonchev–Trinajstić information content (AvgIpc) is 2.72. The van der Waals surface area contributed by atoms with Gasteiger partial charge in [0.2, 0.25) is 0 Å². The van der Waals surface area contributed by atoms with Crippen molar-refractivity contribution < 1.29 is 5.11 Å². The van der Waals surface area contributed by atoms with Crippen LogP contribution in [0.1, 0.15) is 96.8 Å². The zero-order chi connectivity index (χ0) is 19.2. The number of aliphatic hydroxyl groups excluding tert-OH is 1. The maximum atomic E-state index is 11.0. The lowest BCUT2D eigenvalue weighted by molar-refractivity contribution is 0.122. The van der Waals surface area contributed by atoms with Crippen LogP contribution in [0.15, 0.2) is 46.2 Å². The highest BCUT2D eigenvalue weighted by atomic mass is 32.2. The number of hydrogen-bond acceptors (Lipinski definition) is 2. The van der Waals surface area contributed by atoms with Gasteiger partial charge in [-0.2, -0.15) is 0 Å². The van der Waals surface area contributed by atoms with Crippen molar-refractivity contribution in [1.82, 2.24) is 0 Å². The van der Waals surface area contributed by atoms with Crippen molar-refractivity contribution in [2.45, 2.75) is 108 Å². The van der Waals surface area contributed by atoms with E-state index < -0.39 is 0 Å². The van der Waals surface area contributed by atoms with Gasteiger partial charge in [0.25, 0.3) is 0 Å². The van der Waals surface area contributed by atoms with Crippen molar-refractivity contribution in [2.24, 2.45) is 5.92 Å². The van der Waals surface area contributed by atoms with Crippen LogP contribution in [0.25, 0.3) is 0 Å². The topological polar surface area (TPSA) is 20.2 Å². The molecule has 0 aliphatic heterocycles. The highest BCUT2D eigenvalue weighted by molar-refractivity contribution is 8.03. The number of thioether (sulfide) groups is 1. The van der Waals surface area contributed by atoms with Gasteiger partial charge in [0.05, 0.1) is 6.10 Å². The van der Waals surface area contributed by atoms with Gasteiger partial charge in [0, 0.05) is 9.80 Å². The second-order valence-electron chi connectivity index (χ2n) is 8.13. The molecule has 1 aliphatic rings. The Morgan fingerprint density at radius 2 is 1.59 bits per heavy atom. The Balaban J connectivity index is 1.80. The highest BCUT2D eigenvalue weighted by Gasteiger charge is 2.25. The number of unbranched alkanes of at least 4 members (excludes halogenated alkanes) is 8. The van der Waals surface area contributed by atoms with Gasteiger partial charge in [0.15, 0.2) is 0 Å². The van der Waals surface area contributed by atoms with E-state index in [4.69, 9.17) is 0 Å². The molecule has 1 aromatic carbocycles. The molecule has 27 heavy (non-hydrogen) atoms. The van der Waals surface area contributed by atoms with Crippen molar-refractivity contribution in [3.05, 3.63) is 41.3 Å². The summed E-state index contributed by atoms with van der Waals surface area (Å²) in [5.41, 5.74) is 0. The lowest BCUT2D eigenvalue weighted by Crippen LogP contribution is -2.23. The summed E-state index contributed by atoms with van der Waals surface area (Å²) in [6.07, 6.45) is 20.3. The molecule has 1 atom stereocenters. The molecule has 152 valence electrons. The molecule has 1 nitrogen and oxygen atoms in total. The van der Waals surface area contributed by atoms with Crippen LogP contribution in [0.4, 0.5) is 0 Å². The molecule has 0 spiro atoms. The minimum atomic E-state index is -0.274. The zero-order valence-corrected chi connectivity index (χ0v) is 18.2. The lowest BCUT2D eigenvalue weighted by atomic mass is 9.85. The van der Waals surface area contributed by atoms with Crippen LogP contribution in [0.3, 0.4) is 0 Å². The summed E-state index contributed by atoms with van der Waals surface area (Å²) in [5.74, 6) is 0.458. The molecule has 1 saturated carbocycles. The quantitative estimate of drug-likeness (QED) is 0.272. The summed E-state index contributed by atoms with van der Waals surface area (Å²) in [5, 5.41) is 11.0. The third-order valence-corrected chi connectivity index (χ3v) is 6.92. The van der Waals surface area contributed by atoms with E-state index in [0.29, 0.717) is 5.92 Å². The first kappa shape index (κ1) is 22.6. The van der Waals surface area contributed by atoms with Gasteiger partial charge in [-0.25, -0.2) is 0 Å². The van der Waals surface area contributed by atoms with E-state index >= 15 is 0 Å². The minimum absolute atomic E-state index is 0.274. The van der Waals surface area contributed by atoms with Gasteiger partial charge >= 0.3 is 0 Å². The first-order valence-electron chi connectivity index (χ1n) is 11.4. The fraction of sp³-hybridized carbons (Fsp3) is 0.680. The largest absolute Gasteiger partial charge is 0.388 e. The van der Waals surface area contributed by atoms with Gasteiger partial charge in [-0.05, 0) is 43.7 Å². The third-order valence-electron chi connectivity index (χ3n) is 5.77. The molecule has 0 saturated heterocycles. The standard InChI is InChI=1S/C25H40OS/c1-2-3-4-5-6-7-8-9-16-21-24(27-23-19-14-11-15-20-23)25(26)22-17-12-10-13-18-22/h11,14-15,19-22,25-26H,2-10,12-13,16-18H2,1H3/b24-21-. The number of aliphatic hydroxyl groups is 1. The summed E-state index contributed by atoms with van der Waals surface area (Å²) >= 11 is 1.78. The molecule has 2 rings (SSSR count). The molecule has 1 aromatic rings. The Bertz CT molecular complexity index is 504. The van der Waals surface area contributed by atoms with E-state index in [2.05, 4.69) is 43.3 Å². The van der Waals surface area contributed by atoms with Gasteiger partial charge in [-0.1, -0.05) is 107 Å². The molecular weight excluding hydrogens is 348 g/mol. The first-order valence-corrected chi connectivity index (χ1v) is 12.2. The van der Waals surface area contributed by atoms with Crippen molar-refractivity contribution >= 4 is 11.8 Å². The van der Waals surface area contributed by atoms with E-state index in [1.54, 1.807) is 11.8 Å². The molecule has 0 radical (unpaired) electrons. The van der Waals surface area contributed by atoms with Gasteiger partial charge in [-0.15, -0.1) is 0 Å². The Hall–Kier alpha value is -0.730. The van der Waals surface area contributed by atoms with Gasteiger partial charge in [0.1, 0.15) is 0 Å². The van der Waals surface area contributed by atoms with Crippen LogP contribution >= 0.6 is 11.8 Å². The Morgan fingerprint density at radius 1 is 0.963 bits per heavy atom. The molecule has 0 amide bonds. The minimum Gasteiger partial charge on any atom is -0.388 e. The molecule has 0 aromatic heterocycles. The van der Waals surface area contributed by atoms with Crippen LogP contribution < -0.4 is 0 Å². The average molecular weight is 389 g/mol. The van der Waals surface area contributed by atoms with E-state index in [1.807, 2.05) is 0 Å². The third kappa shape index (κ3) is 9.34. The zero-order valence-electron chi connectivity index (χ0n) is 17.4. The summed E-state index contributed by atoms with van der Waals surface area (Å²) in [4.78, 5) is 2.44. The first-order chi connectivity index (χ1) is 13.3. The van der Waals surface area contributed by atoms with Crippen molar-refractivity contribution in [2.75, 3.05) is 0 Å². The lowest BCUT2D eigenvalue weighted by Gasteiger charge is -2.28. The maximum absolute atomic E-state index is 11.0. The van der Waals surface area contributed by atoms with Crippen LogP contribution in [0, 0.1) is 5.92 Å². The number of benzene rings is 1. The number of allylic oxidation sites excluding steroid dienone is 1. The molecule has 0 heterocycles. The van der Waals surface area contributed by atoms with Crippen molar-refractivity contribution in [3.63, 3.8) is 0 Å². The van der Waals surface area contributed by atoms with Gasteiger partial charge < -0.3 is 5.11 Å². The predicted octanol–water partition coefficient (Wildman–Crippen LogP) is 8.13. The molecule has 2 heteroatoms. The van der Waals surface area contributed by atoms with Crippen molar-refractivity contribution in [3.8, 4) is 0 Å². The van der Waals surface area contributed by atoms with Crippen LogP contribution in [0.5, 0.6) is 0 Å². The Morgan fingerprint density at radius 3 is 2.26 bits per heavy atom. The fourth-order valence-electron chi connectivity index (χ4n) is 4.05. The van der Waals surface area contributed by atoms with Crippen LogP contribution in [-0.4, -0.2) is 11.2 Å². The smallest absolute Gasteiger partial charge is 0.0876 e. The van der Waals surface area contributed by atoms with E-state index in [1.165, 1.54) is 93.3 Å². The second kappa shape index (κ2) is 14.3. The molecule has 1 aliphatic carbocycles. The summed E-state index contributed by atoms with van der Waals surface area (Å²) in [6, 6.07) is 10.5. The summed E-state index contributed by atoms with van der Waals surface area (Å²) in [7, 11) is 0. The molecular formula is C25H40OS. The highest BCUT2D eigenvalue weighted by Crippen LogP contribution is 2.37. The monoisotopic (exact) mass is 388 g/mol. The Kier molecular flexibility index (Phi) is 11.9. The van der Waals surface area contributed by atoms with Crippen LogP contribution in [-0.2, 0) is 0 Å². The van der Waals surface area contributed by atoms with E-state index in [-0.39, 0.29) is 6.10 Å². The van der Waals surface area contributed by atoms with Gasteiger partial charge in [-0.3, -0.25) is 0 Å². The molecule has 1 fully saturated rings. The Labute approximate surface area is 172 Å². The fourth-order valence-corrected chi connectivity index (χ4v) is 5.13. The maximum Gasteiger partial charge on any atom is 0.0876 e. The predicted molar refractivity (Wildman–Crippen MR) is 120 cm³/mol. The summed E-state index contributed by atoms with van der Waals surface area (Å²) < 4.78 is 0. The number of hydrogen-bond donors (Lipinski definition) is 1. The normalized spacial score (nSPS) is 17.2. The summed E-state index contributed by atoms with van der Waals surface area (Å²) in [6.45, 7) is 2.28. The molecule has 1 unspecified atom stereocenters. The SMILES string of the molecule is CCCCCCCCCC/C=C(\Sc1ccccc1)C(O)C1CCCCC1. The number of rotatable bonds is 13. The second-order valence-corrected chi connectivity index (χ2v) is 9.28. The van der Waals surface area contributed by atoms with Crippen molar-refractivity contribution in [1.29, 1.82) is 0 Å².